The third kappa shape index (κ3) is 5.08. The van der Waals surface area contributed by atoms with Crippen molar-refractivity contribution < 1.29 is 13.2 Å². The monoisotopic (exact) mass is 435 g/mol. The molecule has 1 aliphatic rings. The van der Waals surface area contributed by atoms with Gasteiger partial charge < -0.3 is 9.47 Å². The van der Waals surface area contributed by atoms with Crippen molar-refractivity contribution in [3.8, 4) is 0 Å². The highest BCUT2D eigenvalue weighted by atomic mass is 35.5. The molecule has 1 aromatic carbocycles. The highest BCUT2D eigenvalue weighted by molar-refractivity contribution is 7.90. The van der Waals surface area contributed by atoms with Gasteiger partial charge in [-0.2, -0.15) is 0 Å². The minimum atomic E-state index is -3.69. The van der Waals surface area contributed by atoms with Crippen LogP contribution in [0.4, 0.5) is 0 Å². The van der Waals surface area contributed by atoms with Crippen LogP contribution in [0.2, 0.25) is 5.02 Å². The fraction of sp³-hybridized carbons (Fsp3) is 0.429. The Kier molecular flexibility index (Phi) is 6.49. The van der Waals surface area contributed by atoms with Crippen molar-refractivity contribution >= 4 is 27.3 Å². The number of sulfone groups is 1. The van der Waals surface area contributed by atoms with Crippen LogP contribution in [-0.2, 0) is 26.9 Å². The molecule has 1 fully saturated rings. The van der Waals surface area contributed by atoms with Crippen molar-refractivity contribution in [1.82, 2.24) is 14.5 Å². The molecule has 0 bridgehead atoms. The van der Waals surface area contributed by atoms with E-state index >= 15 is 0 Å². The van der Waals surface area contributed by atoms with E-state index in [2.05, 4.69) is 11.6 Å². The summed E-state index contributed by atoms with van der Waals surface area (Å²) in [6, 6.07) is 6.67. The van der Waals surface area contributed by atoms with E-state index in [9.17, 15) is 13.2 Å². The first-order valence-corrected chi connectivity index (χ1v) is 11.7. The largest absolute Gasteiger partial charge is 0.333 e. The molecule has 1 amide bonds. The lowest BCUT2D eigenvalue weighted by Crippen LogP contribution is -2.33. The van der Waals surface area contributed by atoms with Crippen LogP contribution in [0.3, 0.4) is 0 Å². The Morgan fingerprint density at radius 1 is 1.41 bits per heavy atom. The molecule has 1 heterocycles. The van der Waals surface area contributed by atoms with Gasteiger partial charge >= 0.3 is 0 Å². The summed E-state index contributed by atoms with van der Waals surface area (Å²) in [4.78, 5) is 18.5. The fourth-order valence-corrected chi connectivity index (χ4v) is 5.16. The zero-order valence-corrected chi connectivity index (χ0v) is 18.3. The molecule has 0 N–H and O–H groups in total. The molecule has 2 aromatic rings. The molecule has 1 aromatic heterocycles. The minimum Gasteiger partial charge on any atom is -0.333 e. The van der Waals surface area contributed by atoms with Crippen molar-refractivity contribution in [3.63, 3.8) is 0 Å². The Bertz CT molecular complexity index is 1010. The number of carbonyl (C=O) groups is 1. The molecule has 3 rings (SSSR count). The summed E-state index contributed by atoms with van der Waals surface area (Å²) < 4.78 is 27.9. The third-order valence-electron chi connectivity index (χ3n) is 4.82. The van der Waals surface area contributed by atoms with Crippen molar-refractivity contribution in [2.75, 3.05) is 6.54 Å². The van der Waals surface area contributed by atoms with E-state index in [0.29, 0.717) is 29.4 Å². The number of carbonyl (C=O) groups excluding carboxylic acids is 1. The Morgan fingerprint density at radius 2 is 2.14 bits per heavy atom. The van der Waals surface area contributed by atoms with Gasteiger partial charge in [0.15, 0.2) is 0 Å². The quantitative estimate of drug-likeness (QED) is 0.558. The maximum atomic E-state index is 13.1. The average Bonchev–Trinajstić information content (AvgIpc) is 3.39. The molecule has 6 nitrogen and oxygen atoms in total. The zero-order chi connectivity index (χ0) is 21.2. The van der Waals surface area contributed by atoms with Crippen molar-refractivity contribution in [2.45, 2.75) is 50.2 Å². The lowest BCUT2D eigenvalue weighted by Gasteiger charge is -2.23. The molecule has 156 valence electrons. The van der Waals surface area contributed by atoms with E-state index in [0.717, 1.165) is 12.8 Å². The van der Waals surface area contributed by atoms with Crippen LogP contribution >= 0.6 is 11.6 Å². The smallest absolute Gasteiger partial charge is 0.228 e. The van der Waals surface area contributed by atoms with E-state index in [1.165, 1.54) is 0 Å². The molecule has 0 atom stereocenters. The Labute approximate surface area is 177 Å². The standard InChI is InChI=1S/C21H26ClN3O3S/c1-4-10-24(20(26)17-8-9-17)13-19-12-23-21(25(19)15(2)3)29(27,28)14-16-6-5-7-18(22)11-16/h4-7,11-12,15,17H,1,8-10,13-14H2,2-3H3. The number of benzene rings is 1. The Balaban J connectivity index is 1.91. The van der Waals surface area contributed by atoms with Gasteiger partial charge in [0, 0.05) is 23.5 Å². The SMILES string of the molecule is C=CCN(Cc1cnc(S(=O)(=O)Cc2cccc(Cl)c2)n1C(C)C)C(=O)C1CC1. The number of nitrogens with zero attached hydrogens (tertiary/aromatic N) is 3. The van der Waals surface area contributed by atoms with Crippen LogP contribution < -0.4 is 0 Å². The molecule has 0 aliphatic heterocycles. The van der Waals surface area contributed by atoms with Gasteiger partial charge in [0.2, 0.25) is 20.9 Å². The minimum absolute atomic E-state index is 0.0138. The molecule has 0 unspecified atom stereocenters. The Hall–Kier alpha value is -2.12. The first kappa shape index (κ1) is 21.6. The molecule has 0 spiro atoms. The predicted octanol–water partition coefficient (Wildman–Crippen LogP) is 4.02. The van der Waals surface area contributed by atoms with Crippen molar-refractivity contribution in [2.24, 2.45) is 5.92 Å². The van der Waals surface area contributed by atoms with Gasteiger partial charge in [-0.3, -0.25) is 4.79 Å². The molecule has 0 saturated heterocycles. The van der Waals surface area contributed by atoms with E-state index in [4.69, 9.17) is 11.6 Å². The van der Waals surface area contributed by atoms with Crippen molar-refractivity contribution in [1.29, 1.82) is 0 Å². The van der Waals surface area contributed by atoms with Gasteiger partial charge in [-0.1, -0.05) is 29.8 Å². The Morgan fingerprint density at radius 3 is 2.72 bits per heavy atom. The second-order valence-corrected chi connectivity index (χ2v) is 9.99. The van der Waals surface area contributed by atoms with Crippen LogP contribution in [0.1, 0.15) is 44.0 Å². The van der Waals surface area contributed by atoms with Crippen LogP contribution in [-0.4, -0.2) is 35.3 Å². The zero-order valence-electron chi connectivity index (χ0n) is 16.7. The van der Waals surface area contributed by atoms with E-state index in [1.54, 1.807) is 46.0 Å². The molecule has 1 aliphatic carbocycles. The molecule has 0 radical (unpaired) electrons. The predicted molar refractivity (Wildman–Crippen MR) is 113 cm³/mol. The second-order valence-electron chi connectivity index (χ2n) is 7.67. The number of hydrogen-bond acceptors (Lipinski definition) is 4. The highest BCUT2D eigenvalue weighted by Gasteiger charge is 2.34. The summed E-state index contributed by atoms with van der Waals surface area (Å²) in [5.74, 6) is -0.0187. The summed E-state index contributed by atoms with van der Waals surface area (Å²) in [5.41, 5.74) is 1.30. The number of rotatable bonds is 9. The first-order chi connectivity index (χ1) is 13.7. The maximum absolute atomic E-state index is 13.1. The van der Waals surface area contributed by atoms with Gasteiger partial charge in [0.05, 0.1) is 24.2 Å². The van der Waals surface area contributed by atoms with Crippen LogP contribution in [0.15, 0.2) is 48.3 Å². The first-order valence-electron chi connectivity index (χ1n) is 9.66. The van der Waals surface area contributed by atoms with Crippen LogP contribution in [0, 0.1) is 5.92 Å². The lowest BCUT2D eigenvalue weighted by atomic mass is 10.2. The summed E-state index contributed by atoms with van der Waals surface area (Å²) in [5, 5.41) is 0.504. The summed E-state index contributed by atoms with van der Waals surface area (Å²) in [6.45, 7) is 8.28. The van der Waals surface area contributed by atoms with Gasteiger partial charge in [0.25, 0.3) is 0 Å². The highest BCUT2D eigenvalue weighted by Crippen LogP contribution is 2.32. The lowest BCUT2D eigenvalue weighted by molar-refractivity contribution is -0.132. The number of hydrogen-bond donors (Lipinski definition) is 0. The van der Waals surface area contributed by atoms with E-state index < -0.39 is 9.84 Å². The number of halogens is 1. The maximum Gasteiger partial charge on any atom is 0.228 e. The van der Waals surface area contributed by atoms with E-state index in [-0.39, 0.29) is 28.8 Å². The van der Waals surface area contributed by atoms with Crippen molar-refractivity contribution in [3.05, 3.63) is 59.4 Å². The van der Waals surface area contributed by atoms with E-state index in [1.807, 2.05) is 13.8 Å². The number of imidazole rings is 1. The third-order valence-corrected chi connectivity index (χ3v) is 6.63. The summed E-state index contributed by atoms with van der Waals surface area (Å²) in [7, 11) is -3.69. The van der Waals surface area contributed by atoms with Crippen LogP contribution in [0.5, 0.6) is 0 Å². The molecular weight excluding hydrogens is 410 g/mol. The number of aromatic nitrogens is 2. The van der Waals surface area contributed by atoms with Crippen LogP contribution in [0.25, 0.3) is 0 Å². The molecule has 29 heavy (non-hydrogen) atoms. The van der Waals surface area contributed by atoms with Gasteiger partial charge in [-0.05, 0) is 44.4 Å². The normalized spacial score (nSPS) is 14.2. The fourth-order valence-electron chi connectivity index (χ4n) is 3.36. The topological polar surface area (TPSA) is 72.3 Å². The summed E-state index contributed by atoms with van der Waals surface area (Å²) >= 11 is 5.99. The van der Waals surface area contributed by atoms with Gasteiger partial charge in [0.1, 0.15) is 0 Å². The average molecular weight is 436 g/mol. The molecule has 8 heteroatoms. The summed E-state index contributed by atoms with van der Waals surface area (Å²) in [6.07, 6.45) is 5.07. The second kappa shape index (κ2) is 8.71. The molecule has 1 saturated carbocycles. The van der Waals surface area contributed by atoms with Gasteiger partial charge in [-0.25, -0.2) is 13.4 Å². The van der Waals surface area contributed by atoms with Gasteiger partial charge in [-0.15, -0.1) is 6.58 Å². The number of amides is 1. The molecular formula is C21H26ClN3O3S.